The Morgan fingerprint density at radius 2 is 1.81 bits per heavy atom. The number of nitrogens with one attached hydrogen (secondary N) is 1. The molecule has 0 aliphatic rings. The van der Waals surface area contributed by atoms with Gasteiger partial charge >= 0.3 is 0 Å². The minimum atomic E-state index is 0.866. The van der Waals surface area contributed by atoms with E-state index in [1.54, 1.807) is 12.4 Å². The molecule has 2 heterocycles. The number of aromatic nitrogens is 4. The Hall–Kier alpha value is -2.23. The molecule has 0 fully saturated rings. The highest BCUT2D eigenvalue weighted by Crippen LogP contribution is 2.19. The van der Waals surface area contributed by atoms with E-state index in [1.165, 1.54) is 0 Å². The van der Waals surface area contributed by atoms with E-state index < -0.39 is 0 Å². The minimum Gasteiger partial charge on any atom is -0.342 e. The summed E-state index contributed by atoms with van der Waals surface area (Å²) in [5.74, 6) is 0.866. The van der Waals surface area contributed by atoms with Crippen LogP contribution in [0.25, 0.3) is 22.4 Å². The van der Waals surface area contributed by atoms with Gasteiger partial charge in [0, 0.05) is 29.8 Å². The van der Waals surface area contributed by atoms with E-state index in [0.717, 1.165) is 28.1 Å². The van der Waals surface area contributed by atoms with Gasteiger partial charge in [-0.3, -0.25) is 9.97 Å². The summed E-state index contributed by atoms with van der Waals surface area (Å²) >= 11 is 0. The number of hydrogen-bond donors (Lipinski definition) is 1. The van der Waals surface area contributed by atoms with Gasteiger partial charge in [0.1, 0.15) is 5.82 Å². The van der Waals surface area contributed by atoms with E-state index in [9.17, 15) is 0 Å². The zero-order chi connectivity index (χ0) is 11.0. The standard InChI is InChI=1S/C12H10N4/c1-8-7-15-12(16-8)9-2-3-10-11(6-9)14-5-4-13-10/h2-7H,1H3,(H,15,16). The van der Waals surface area contributed by atoms with E-state index in [4.69, 9.17) is 0 Å². The second kappa shape index (κ2) is 3.41. The molecule has 1 N–H and O–H groups in total. The fourth-order valence-corrected chi connectivity index (χ4v) is 1.67. The maximum atomic E-state index is 4.29. The Kier molecular flexibility index (Phi) is 1.93. The average molecular weight is 210 g/mol. The summed E-state index contributed by atoms with van der Waals surface area (Å²) in [6.45, 7) is 1.98. The highest BCUT2D eigenvalue weighted by molar-refractivity contribution is 5.79. The molecule has 0 unspecified atom stereocenters. The lowest BCUT2D eigenvalue weighted by atomic mass is 10.2. The normalized spacial score (nSPS) is 10.8. The summed E-state index contributed by atoms with van der Waals surface area (Å²) in [7, 11) is 0. The molecule has 0 aliphatic carbocycles. The molecule has 2 aromatic heterocycles. The summed E-state index contributed by atoms with van der Waals surface area (Å²) in [6, 6.07) is 5.94. The van der Waals surface area contributed by atoms with Crippen LogP contribution in [0, 0.1) is 6.92 Å². The van der Waals surface area contributed by atoms with Gasteiger partial charge < -0.3 is 4.98 Å². The Balaban J connectivity index is 2.18. The van der Waals surface area contributed by atoms with Crippen molar-refractivity contribution in [2.24, 2.45) is 0 Å². The Labute approximate surface area is 92.4 Å². The van der Waals surface area contributed by atoms with Crippen LogP contribution in [0.1, 0.15) is 5.69 Å². The van der Waals surface area contributed by atoms with Gasteiger partial charge in [-0.2, -0.15) is 0 Å². The quantitative estimate of drug-likeness (QED) is 0.670. The lowest BCUT2D eigenvalue weighted by Crippen LogP contribution is -1.85. The second-order valence-corrected chi connectivity index (χ2v) is 3.67. The number of fused-ring (bicyclic) bond motifs is 1. The van der Waals surface area contributed by atoms with E-state index in [1.807, 2.05) is 31.3 Å². The summed E-state index contributed by atoms with van der Waals surface area (Å²) in [4.78, 5) is 16.0. The molecule has 0 bridgehead atoms. The van der Waals surface area contributed by atoms with Crippen LogP contribution < -0.4 is 0 Å². The summed E-state index contributed by atoms with van der Waals surface area (Å²) in [6.07, 6.45) is 5.20. The van der Waals surface area contributed by atoms with Gasteiger partial charge in [-0.15, -0.1) is 0 Å². The van der Waals surface area contributed by atoms with Crippen molar-refractivity contribution in [3.63, 3.8) is 0 Å². The Bertz CT molecular complexity index is 642. The van der Waals surface area contributed by atoms with Gasteiger partial charge in [0.05, 0.1) is 11.0 Å². The van der Waals surface area contributed by atoms with E-state index >= 15 is 0 Å². The SMILES string of the molecule is Cc1cnc(-c2ccc3nccnc3c2)[nH]1. The fourth-order valence-electron chi connectivity index (χ4n) is 1.67. The van der Waals surface area contributed by atoms with Crippen LogP contribution in [0.2, 0.25) is 0 Å². The van der Waals surface area contributed by atoms with Crippen LogP contribution in [0.15, 0.2) is 36.8 Å². The first-order valence-electron chi connectivity index (χ1n) is 5.06. The lowest BCUT2D eigenvalue weighted by Gasteiger charge is -1.99. The molecule has 0 saturated heterocycles. The molecule has 0 saturated carbocycles. The van der Waals surface area contributed by atoms with Crippen LogP contribution in [-0.2, 0) is 0 Å². The molecule has 0 spiro atoms. The first kappa shape index (κ1) is 9.03. The summed E-state index contributed by atoms with van der Waals surface area (Å²) in [5.41, 5.74) is 3.86. The predicted octanol–water partition coefficient (Wildman–Crippen LogP) is 2.33. The van der Waals surface area contributed by atoms with Gasteiger partial charge in [0.25, 0.3) is 0 Å². The molecule has 0 aliphatic heterocycles. The van der Waals surface area contributed by atoms with Crippen molar-refractivity contribution >= 4 is 11.0 Å². The number of hydrogen-bond acceptors (Lipinski definition) is 3. The largest absolute Gasteiger partial charge is 0.342 e. The molecule has 1 aromatic carbocycles. The first-order chi connectivity index (χ1) is 7.83. The molecular formula is C12H10N4. The highest BCUT2D eigenvalue weighted by atomic mass is 14.9. The summed E-state index contributed by atoms with van der Waals surface area (Å²) < 4.78 is 0. The smallest absolute Gasteiger partial charge is 0.137 e. The van der Waals surface area contributed by atoms with Gasteiger partial charge in [-0.05, 0) is 25.1 Å². The molecule has 3 aromatic rings. The number of aryl methyl sites for hydroxylation is 1. The Morgan fingerprint density at radius 1 is 1.00 bits per heavy atom. The molecule has 0 radical (unpaired) electrons. The third-order valence-electron chi connectivity index (χ3n) is 2.45. The van der Waals surface area contributed by atoms with Crippen LogP contribution in [0.4, 0.5) is 0 Å². The molecule has 4 heteroatoms. The molecule has 0 amide bonds. The van der Waals surface area contributed by atoms with Crippen LogP contribution in [0.5, 0.6) is 0 Å². The van der Waals surface area contributed by atoms with Crippen LogP contribution >= 0.6 is 0 Å². The molecule has 0 atom stereocenters. The lowest BCUT2D eigenvalue weighted by molar-refractivity contribution is 1.25. The predicted molar refractivity (Wildman–Crippen MR) is 61.9 cm³/mol. The fraction of sp³-hybridized carbons (Fsp3) is 0.0833. The van der Waals surface area contributed by atoms with Crippen molar-refractivity contribution in [1.29, 1.82) is 0 Å². The minimum absolute atomic E-state index is 0.866. The van der Waals surface area contributed by atoms with E-state index in [-0.39, 0.29) is 0 Å². The highest BCUT2D eigenvalue weighted by Gasteiger charge is 2.03. The third-order valence-corrected chi connectivity index (χ3v) is 2.45. The second-order valence-electron chi connectivity index (χ2n) is 3.67. The molecule has 78 valence electrons. The van der Waals surface area contributed by atoms with Gasteiger partial charge in [0.15, 0.2) is 0 Å². The number of benzene rings is 1. The number of imidazole rings is 1. The Morgan fingerprint density at radius 3 is 2.56 bits per heavy atom. The zero-order valence-electron chi connectivity index (χ0n) is 8.81. The number of aromatic amines is 1. The maximum absolute atomic E-state index is 4.29. The van der Waals surface area contributed by atoms with Crippen molar-refractivity contribution in [2.75, 3.05) is 0 Å². The molecule has 16 heavy (non-hydrogen) atoms. The topological polar surface area (TPSA) is 54.5 Å². The van der Waals surface area contributed by atoms with Crippen molar-refractivity contribution in [3.8, 4) is 11.4 Å². The third kappa shape index (κ3) is 1.44. The van der Waals surface area contributed by atoms with Crippen molar-refractivity contribution in [2.45, 2.75) is 6.92 Å². The van der Waals surface area contributed by atoms with Crippen LogP contribution in [-0.4, -0.2) is 19.9 Å². The van der Waals surface area contributed by atoms with E-state index in [0.29, 0.717) is 0 Å². The first-order valence-corrected chi connectivity index (χ1v) is 5.06. The van der Waals surface area contributed by atoms with Gasteiger partial charge in [0.2, 0.25) is 0 Å². The van der Waals surface area contributed by atoms with Crippen LogP contribution in [0.3, 0.4) is 0 Å². The van der Waals surface area contributed by atoms with E-state index in [2.05, 4.69) is 19.9 Å². The summed E-state index contributed by atoms with van der Waals surface area (Å²) in [5, 5.41) is 0. The zero-order valence-corrected chi connectivity index (χ0v) is 8.81. The molecule has 4 nitrogen and oxygen atoms in total. The monoisotopic (exact) mass is 210 g/mol. The number of H-pyrrole nitrogens is 1. The molecular weight excluding hydrogens is 200 g/mol. The van der Waals surface area contributed by atoms with Gasteiger partial charge in [-0.1, -0.05) is 0 Å². The van der Waals surface area contributed by atoms with Gasteiger partial charge in [-0.25, -0.2) is 4.98 Å². The molecule has 3 rings (SSSR count). The van der Waals surface area contributed by atoms with Crippen molar-refractivity contribution < 1.29 is 0 Å². The number of nitrogens with zero attached hydrogens (tertiary/aromatic N) is 3. The van der Waals surface area contributed by atoms with Crippen molar-refractivity contribution in [3.05, 3.63) is 42.5 Å². The van der Waals surface area contributed by atoms with Crippen molar-refractivity contribution in [1.82, 2.24) is 19.9 Å². The maximum Gasteiger partial charge on any atom is 0.137 e. The average Bonchev–Trinajstić information content (AvgIpc) is 2.75. The number of rotatable bonds is 1.